The second-order valence-electron chi connectivity index (χ2n) is 5.31. The van der Waals surface area contributed by atoms with E-state index in [0.29, 0.717) is 11.8 Å². The van der Waals surface area contributed by atoms with Crippen LogP contribution in [0.1, 0.15) is 30.7 Å². The quantitative estimate of drug-likeness (QED) is 0.835. The molecule has 1 nitrogen and oxygen atoms in total. The largest absolute Gasteiger partial charge is 0.330 e. The molecule has 0 amide bonds. The van der Waals surface area contributed by atoms with Crippen LogP contribution in [0.3, 0.4) is 0 Å². The molecule has 2 fully saturated rings. The Morgan fingerprint density at radius 3 is 2.81 bits per heavy atom. The van der Waals surface area contributed by atoms with Crippen molar-refractivity contribution in [2.75, 3.05) is 6.54 Å². The first-order chi connectivity index (χ1) is 7.79. The molecule has 0 unspecified atom stereocenters. The molecule has 2 aliphatic rings. The van der Waals surface area contributed by atoms with E-state index >= 15 is 0 Å². The zero-order valence-corrected chi connectivity index (χ0v) is 10.2. The fourth-order valence-corrected chi connectivity index (χ4v) is 4.18. The van der Waals surface area contributed by atoms with Crippen molar-refractivity contribution < 1.29 is 0 Å². The molecule has 0 radical (unpaired) electrons. The minimum Gasteiger partial charge on any atom is -0.330 e. The highest BCUT2D eigenvalue weighted by atomic mass is 35.5. The van der Waals surface area contributed by atoms with Crippen molar-refractivity contribution in [2.45, 2.75) is 25.2 Å². The molecule has 0 saturated heterocycles. The van der Waals surface area contributed by atoms with Gasteiger partial charge in [-0.25, -0.2) is 0 Å². The van der Waals surface area contributed by atoms with Gasteiger partial charge < -0.3 is 5.73 Å². The molecule has 2 bridgehead atoms. The lowest BCUT2D eigenvalue weighted by Gasteiger charge is -2.30. The Bertz CT molecular complexity index is 390. The third kappa shape index (κ3) is 1.57. The molecule has 3 rings (SSSR count). The van der Waals surface area contributed by atoms with Crippen LogP contribution in [0.15, 0.2) is 24.3 Å². The number of rotatable bonds is 2. The van der Waals surface area contributed by atoms with Crippen LogP contribution in [-0.4, -0.2) is 6.54 Å². The molecule has 86 valence electrons. The van der Waals surface area contributed by atoms with Gasteiger partial charge in [0.05, 0.1) is 0 Å². The first-order valence-corrected chi connectivity index (χ1v) is 6.63. The van der Waals surface area contributed by atoms with E-state index in [-0.39, 0.29) is 0 Å². The van der Waals surface area contributed by atoms with Crippen molar-refractivity contribution in [2.24, 2.45) is 23.5 Å². The second kappa shape index (κ2) is 4.05. The van der Waals surface area contributed by atoms with E-state index in [1.807, 2.05) is 6.07 Å². The zero-order chi connectivity index (χ0) is 11.1. The smallest absolute Gasteiger partial charge is 0.0408 e. The van der Waals surface area contributed by atoms with Crippen molar-refractivity contribution in [1.82, 2.24) is 0 Å². The van der Waals surface area contributed by atoms with Crippen molar-refractivity contribution >= 4 is 11.6 Å². The van der Waals surface area contributed by atoms with E-state index in [1.54, 1.807) is 0 Å². The Morgan fingerprint density at radius 1 is 1.25 bits per heavy atom. The fraction of sp³-hybridized carbons (Fsp3) is 0.571. The summed E-state index contributed by atoms with van der Waals surface area (Å²) in [7, 11) is 0. The average molecular weight is 236 g/mol. The highest BCUT2D eigenvalue weighted by Gasteiger charge is 2.47. The molecule has 0 heterocycles. The summed E-state index contributed by atoms with van der Waals surface area (Å²) in [6.45, 7) is 0.832. The van der Waals surface area contributed by atoms with Gasteiger partial charge in [0.2, 0.25) is 0 Å². The zero-order valence-electron chi connectivity index (χ0n) is 9.40. The summed E-state index contributed by atoms with van der Waals surface area (Å²) < 4.78 is 0. The topological polar surface area (TPSA) is 26.0 Å². The molecule has 16 heavy (non-hydrogen) atoms. The predicted octanol–water partition coefficient (Wildman–Crippen LogP) is 3.43. The summed E-state index contributed by atoms with van der Waals surface area (Å²) in [4.78, 5) is 0. The van der Waals surface area contributed by atoms with Crippen LogP contribution in [0, 0.1) is 17.8 Å². The molecule has 2 aliphatic carbocycles. The Labute approximate surface area is 102 Å². The molecule has 2 heteroatoms. The molecule has 2 saturated carbocycles. The fourth-order valence-electron chi connectivity index (χ4n) is 3.98. The second-order valence-corrected chi connectivity index (χ2v) is 5.75. The molecule has 4 atom stereocenters. The Kier molecular flexibility index (Phi) is 2.68. The first kappa shape index (κ1) is 10.6. The van der Waals surface area contributed by atoms with Crippen LogP contribution >= 0.6 is 11.6 Å². The lowest BCUT2D eigenvalue weighted by molar-refractivity contribution is 0.295. The molecule has 0 spiro atoms. The lowest BCUT2D eigenvalue weighted by Crippen LogP contribution is -2.27. The van der Waals surface area contributed by atoms with Gasteiger partial charge >= 0.3 is 0 Å². The van der Waals surface area contributed by atoms with E-state index in [0.717, 1.165) is 23.4 Å². The highest BCUT2D eigenvalue weighted by Crippen LogP contribution is 2.56. The van der Waals surface area contributed by atoms with Gasteiger partial charge in [0.1, 0.15) is 0 Å². The SMILES string of the molecule is NC[C@H]1[C@@H]2CC[C@@H](C2)[C@@H]1c1cccc(Cl)c1. The van der Waals surface area contributed by atoms with E-state index in [1.165, 1.54) is 24.8 Å². The number of hydrogen-bond donors (Lipinski definition) is 1. The minimum absolute atomic E-state index is 0.669. The van der Waals surface area contributed by atoms with Crippen LogP contribution in [0.4, 0.5) is 0 Å². The van der Waals surface area contributed by atoms with Crippen LogP contribution in [0.5, 0.6) is 0 Å². The van der Waals surface area contributed by atoms with Gasteiger partial charge in [-0.15, -0.1) is 0 Å². The summed E-state index contributed by atoms with van der Waals surface area (Å²) in [5.41, 5.74) is 7.37. The van der Waals surface area contributed by atoms with Gasteiger partial charge in [-0.3, -0.25) is 0 Å². The summed E-state index contributed by atoms with van der Waals surface area (Å²) in [6, 6.07) is 8.38. The minimum atomic E-state index is 0.669. The first-order valence-electron chi connectivity index (χ1n) is 6.25. The van der Waals surface area contributed by atoms with Crippen molar-refractivity contribution in [3.63, 3.8) is 0 Å². The third-order valence-corrected chi connectivity index (χ3v) is 4.83. The van der Waals surface area contributed by atoms with Crippen molar-refractivity contribution in [1.29, 1.82) is 0 Å². The van der Waals surface area contributed by atoms with Crippen LogP contribution in [-0.2, 0) is 0 Å². The van der Waals surface area contributed by atoms with Gasteiger partial charge in [0.15, 0.2) is 0 Å². The molecule has 1 aromatic carbocycles. The van der Waals surface area contributed by atoms with Crippen LogP contribution in [0.25, 0.3) is 0 Å². The van der Waals surface area contributed by atoms with Crippen molar-refractivity contribution in [3.8, 4) is 0 Å². The number of benzene rings is 1. The summed E-state index contributed by atoms with van der Waals surface area (Å²) in [5.74, 6) is 3.09. The Hall–Kier alpha value is -0.530. The Morgan fingerprint density at radius 2 is 2.06 bits per heavy atom. The number of fused-ring (bicyclic) bond motifs is 2. The summed E-state index contributed by atoms with van der Waals surface area (Å²) in [6.07, 6.45) is 4.17. The maximum atomic E-state index is 6.09. The van der Waals surface area contributed by atoms with Gasteiger partial charge in [-0.05, 0) is 67.2 Å². The number of halogens is 1. The lowest BCUT2D eigenvalue weighted by atomic mass is 9.75. The number of nitrogens with two attached hydrogens (primary N) is 1. The predicted molar refractivity (Wildman–Crippen MR) is 67.6 cm³/mol. The maximum absolute atomic E-state index is 6.09. The van der Waals surface area contributed by atoms with E-state index in [2.05, 4.69) is 18.2 Å². The standard InChI is InChI=1S/C14H18ClN/c15-12-3-1-2-10(7-12)14-11-5-4-9(6-11)13(14)8-16/h1-3,7,9,11,13-14H,4-6,8,16H2/t9-,11+,13+,14+/m1/s1. The summed E-state index contributed by atoms with van der Waals surface area (Å²) >= 11 is 6.09. The van der Waals surface area contributed by atoms with Crippen LogP contribution in [0.2, 0.25) is 5.02 Å². The average Bonchev–Trinajstić information content (AvgIpc) is 2.88. The maximum Gasteiger partial charge on any atom is 0.0408 e. The van der Waals surface area contributed by atoms with E-state index in [4.69, 9.17) is 17.3 Å². The molecule has 1 aromatic rings. The highest BCUT2D eigenvalue weighted by molar-refractivity contribution is 6.30. The molecule has 2 N–H and O–H groups in total. The molecular formula is C14H18ClN. The van der Waals surface area contributed by atoms with Crippen LogP contribution < -0.4 is 5.73 Å². The molecule has 0 aromatic heterocycles. The Balaban J connectivity index is 1.94. The number of hydrogen-bond acceptors (Lipinski definition) is 1. The normalized spacial score (nSPS) is 36.9. The van der Waals surface area contributed by atoms with E-state index in [9.17, 15) is 0 Å². The summed E-state index contributed by atoms with van der Waals surface area (Å²) in [5, 5.41) is 0.857. The van der Waals surface area contributed by atoms with Gasteiger partial charge in [0.25, 0.3) is 0 Å². The van der Waals surface area contributed by atoms with Gasteiger partial charge in [-0.1, -0.05) is 23.7 Å². The van der Waals surface area contributed by atoms with E-state index < -0.39 is 0 Å². The molecule has 0 aliphatic heterocycles. The van der Waals surface area contributed by atoms with Gasteiger partial charge in [-0.2, -0.15) is 0 Å². The molecular weight excluding hydrogens is 218 g/mol. The third-order valence-electron chi connectivity index (χ3n) is 4.59. The van der Waals surface area contributed by atoms with Gasteiger partial charge in [0, 0.05) is 5.02 Å². The van der Waals surface area contributed by atoms with Crippen molar-refractivity contribution in [3.05, 3.63) is 34.9 Å². The monoisotopic (exact) mass is 235 g/mol.